The Labute approximate surface area is 202 Å². The Hall–Kier alpha value is -2.41. The average molecular weight is 465 g/mol. The highest BCUT2D eigenvalue weighted by atomic mass is 16.5. The van der Waals surface area contributed by atoms with Crippen LogP contribution in [-0.2, 0) is 22.4 Å². The number of carbonyl (C=O) groups is 1. The first-order valence-corrected chi connectivity index (χ1v) is 12.7. The molecule has 2 aliphatic carbocycles. The number of aliphatic hydroxyl groups excluding tert-OH is 1. The molecule has 5 rings (SSSR count). The van der Waals surface area contributed by atoms with Crippen molar-refractivity contribution in [3.05, 3.63) is 65.2 Å². The first-order valence-electron chi connectivity index (χ1n) is 12.7. The summed E-state index contributed by atoms with van der Waals surface area (Å²) in [7, 11) is 0. The zero-order chi connectivity index (χ0) is 23.3. The summed E-state index contributed by atoms with van der Waals surface area (Å²) in [6.07, 6.45) is 4.10. The minimum atomic E-state index is -0.787. The topological polar surface area (TPSA) is 71.0 Å². The monoisotopic (exact) mass is 464 g/mol. The van der Waals surface area contributed by atoms with Crippen LogP contribution in [0.2, 0.25) is 0 Å². The van der Waals surface area contributed by atoms with E-state index < -0.39 is 6.10 Å². The molecule has 0 unspecified atom stereocenters. The van der Waals surface area contributed by atoms with Crippen LogP contribution in [0.1, 0.15) is 42.1 Å². The number of benzene rings is 2. The maximum atomic E-state index is 13.1. The predicted octanol–water partition coefficient (Wildman–Crippen LogP) is 3.13. The summed E-state index contributed by atoms with van der Waals surface area (Å²) in [6.45, 7) is 4.36. The molecular weight excluding hydrogens is 428 g/mol. The Kier molecular flexibility index (Phi) is 7.48. The average Bonchev–Trinajstić information content (AvgIpc) is 3.60. The lowest BCUT2D eigenvalue weighted by Crippen LogP contribution is -2.50. The highest BCUT2D eigenvalue weighted by molar-refractivity contribution is 5.77. The molecule has 1 amide bonds. The minimum absolute atomic E-state index is 0.0134. The molecule has 2 aromatic rings. The van der Waals surface area contributed by atoms with Crippen LogP contribution in [0.25, 0.3) is 0 Å². The third-order valence-corrected chi connectivity index (χ3v) is 7.30. The van der Waals surface area contributed by atoms with E-state index in [0.717, 1.165) is 43.9 Å². The Bertz CT molecular complexity index is 928. The normalized spacial score (nSPS) is 20.5. The number of nitrogens with one attached hydrogen (secondary N) is 1. The summed E-state index contributed by atoms with van der Waals surface area (Å²) in [5.74, 6) is 1.87. The van der Waals surface area contributed by atoms with Crippen molar-refractivity contribution < 1.29 is 19.4 Å². The van der Waals surface area contributed by atoms with E-state index in [1.165, 1.54) is 24.0 Å². The second-order valence-corrected chi connectivity index (χ2v) is 10.1. The van der Waals surface area contributed by atoms with Crippen molar-refractivity contribution in [1.82, 2.24) is 10.2 Å². The predicted molar refractivity (Wildman–Crippen MR) is 131 cm³/mol. The molecule has 0 aromatic heterocycles. The summed E-state index contributed by atoms with van der Waals surface area (Å²) >= 11 is 0. The molecular formula is C28H36N2O4. The van der Waals surface area contributed by atoms with Crippen LogP contribution < -0.4 is 10.1 Å². The zero-order valence-corrected chi connectivity index (χ0v) is 19.8. The highest BCUT2D eigenvalue weighted by Gasteiger charge is 2.29. The lowest BCUT2D eigenvalue weighted by molar-refractivity contribution is -0.123. The van der Waals surface area contributed by atoms with Crippen LogP contribution >= 0.6 is 0 Å². The van der Waals surface area contributed by atoms with Crippen molar-refractivity contribution in [2.24, 2.45) is 11.8 Å². The lowest BCUT2D eigenvalue weighted by atomic mass is 9.99. The van der Waals surface area contributed by atoms with Gasteiger partial charge in [-0.2, -0.15) is 0 Å². The first-order chi connectivity index (χ1) is 16.6. The standard InChI is InChI=1S/C28H36N2O4/c31-27(17-21-15-23-3-1-2-4-24(23)16-21)29-26(18-30-11-13-33-14-12-30)28(32)22-7-9-25(10-8-22)34-19-20-5-6-20/h1-4,7-10,20-21,26,28,32H,5-6,11-19H2,(H,29,31)/t26-,28-/m1/s1. The molecule has 2 N–H and O–H groups in total. The van der Waals surface area contributed by atoms with Crippen molar-refractivity contribution in [3.8, 4) is 5.75 Å². The van der Waals surface area contributed by atoms with Crippen LogP contribution in [0.5, 0.6) is 5.75 Å². The number of carbonyl (C=O) groups excluding carboxylic acids is 1. The third kappa shape index (κ3) is 6.17. The quantitative estimate of drug-likeness (QED) is 0.565. The number of morpholine rings is 1. The fourth-order valence-electron chi connectivity index (χ4n) is 5.10. The molecule has 1 saturated carbocycles. The molecule has 1 heterocycles. The van der Waals surface area contributed by atoms with Gasteiger partial charge in [-0.1, -0.05) is 36.4 Å². The highest BCUT2D eigenvalue weighted by Crippen LogP contribution is 2.30. The molecule has 1 saturated heterocycles. The van der Waals surface area contributed by atoms with E-state index in [1.54, 1.807) is 0 Å². The van der Waals surface area contributed by atoms with Gasteiger partial charge in [-0.15, -0.1) is 0 Å². The van der Waals surface area contributed by atoms with Crippen molar-refractivity contribution in [2.45, 2.75) is 44.2 Å². The Balaban J connectivity index is 1.21. The maximum Gasteiger partial charge on any atom is 0.220 e. The van der Waals surface area contributed by atoms with Gasteiger partial charge in [-0.25, -0.2) is 0 Å². The van der Waals surface area contributed by atoms with E-state index in [1.807, 2.05) is 24.3 Å². The SMILES string of the molecule is O=C(CC1Cc2ccccc2C1)N[C@H](CN1CCOCC1)[C@H](O)c1ccc(OCC2CC2)cc1. The van der Waals surface area contributed by atoms with E-state index in [9.17, 15) is 9.90 Å². The Morgan fingerprint density at radius 2 is 1.71 bits per heavy atom. The molecule has 6 nitrogen and oxygen atoms in total. The van der Waals surface area contributed by atoms with Gasteiger partial charge in [0.25, 0.3) is 0 Å². The van der Waals surface area contributed by atoms with Gasteiger partial charge in [0.15, 0.2) is 0 Å². The van der Waals surface area contributed by atoms with Crippen molar-refractivity contribution in [2.75, 3.05) is 39.5 Å². The fourth-order valence-corrected chi connectivity index (χ4v) is 5.10. The molecule has 1 aliphatic heterocycles. The summed E-state index contributed by atoms with van der Waals surface area (Å²) in [4.78, 5) is 15.3. The van der Waals surface area contributed by atoms with Gasteiger partial charge in [0.05, 0.1) is 25.9 Å². The van der Waals surface area contributed by atoms with Crippen LogP contribution in [0.3, 0.4) is 0 Å². The number of hydrogen-bond donors (Lipinski definition) is 2. The summed E-state index contributed by atoms with van der Waals surface area (Å²) in [6, 6.07) is 15.8. The van der Waals surface area contributed by atoms with E-state index in [0.29, 0.717) is 38.0 Å². The molecule has 0 spiro atoms. The van der Waals surface area contributed by atoms with E-state index in [2.05, 4.69) is 34.5 Å². The molecule has 0 bridgehead atoms. The number of nitrogens with zero attached hydrogens (tertiary/aromatic N) is 1. The van der Waals surface area contributed by atoms with Crippen LogP contribution in [0, 0.1) is 11.8 Å². The first kappa shape index (κ1) is 23.3. The van der Waals surface area contributed by atoms with Gasteiger partial charge in [0.2, 0.25) is 5.91 Å². The van der Waals surface area contributed by atoms with E-state index >= 15 is 0 Å². The summed E-state index contributed by atoms with van der Waals surface area (Å²) in [5, 5.41) is 14.4. The van der Waals surface area contributed by atoms with Crippen LogP contribution in [-0.4, -0.2) is 61.4 Å². The van der Waals surface area contributed by atoms with Gasteiger partial charge < -0.3 is 19.9 Å². The smallest absolute Gasteiger partial charge is 0.220 e. The molecule has 34 heavy (non-hydrogen) atoms. The van der Waals surface area contributed by atoms with E-state index in [-0.39, 0.29) is 11.9 Å². The van der Waals surface area contributed by atoms with Gasteiger partial charge in [0, 0.05) is 26.1 Å². The lowest BCUT2D eigenvalue weighted by Gasteiger charge is -2.33. The third-order valence-electron chi connectivity index (χ3n) is 7.30. The summed E-state index contributed by atoms with van der Waals surface area (Å²) in [5.41, 5.74) is 3.51. The van der Waals surface area contributed by atoms with Crippen molar-refractivity contribution in [1.29, 1.82) is 0 Å². The van der Waals surface area contributed by atoms with Crippen molar-refractivity contribution >= 4 is 5.91 Å². The number of rotatable bonds is 10. The molecule has 182 valence electrons. The Morgan fingerprint density at radius 3 is 2.35 bits per heavy atom. The van der Waals surface area contributed by atoms with E-state index in [4.69, 9.17) is 9.47 Å². The number of aliphatic hydroxyl groups is 1. The molecule has 2 atom stereocenters. The van der Waals surface area contributed by atoms with Crippen LogP contribution in [0.15, 0.2) is 48.5 Å². The van der Waals surface area contributed by atoms with Gasteiger partial charge in [0.1, 0.15) is 11.9 Å². The van der Waals surface area contributed by atoms with Crippen molar-refractivity contribution in [3.63, 3.8) is 0 Å². The number of hydrogen-bond acceptors (Lipinski definition) is 5. The fraction of sp³-hybridized carbons (Fsp3) is 0.536. The zero-order valence-electron chi connectivity index (χ0n) is 19.8. The summed E-state index contributed by atoms with van der Waals surface area (Å²) < 4.78 is 11.3. The Morgan fingerprint density at radius 1 is 1.03 bits per heavy atom. The van der Waals surface area contributed by atoms with Crippen LogP contribution in [0.4, 0.5) is 0 Å². The van der Waals surface area contributed by atoms with Gasteiger partial charge >= 0.3 is 0 Å². The molecule has 3 aliphatic rings. The minimum Gasteiger partial charge on any atom is -0.493 e. The molecule has 0 radical (unpaired) electrons. The maximum absolute atomic E-state index is 13.1. The molecule has 2 fully saturated rings. The second kappa shape index (κ2) is 10.9. The second-order valence-electron chi connectivity index (χ2n) is 10.1. The number of amides is 1. The molecule has 2 aromatic carbocycles. The van der Waals surface area contributed by atoms with Gasteiger partial charge in [-0.05, 0) is 66.3 Å². The number of ether oxygens (including phenoxy) is 2. The largest absolute Gasteiger partial charge is 0.493 e. The molecule has 6 heteroatoms. The van der Waals surface area contributed by atoms with Gasteiger partial charge in [-0.3, -0.25) is 9.69 Å². The number of fused-ring (bicyclic) bond motifs is 1.